The molecular weight excluding hydrogens is 234 g/mol. The quantitative estimate of drug-likeness (QED) is 0.864. The Hall–Kier alpha value is -0.960. The molecule has 1 aliphatic rings. The zero-order valence-corrected chi connectivity index (χ0v) is 11.1. The predicted octanol–water partition coefficient (Wildman–Crippen LogP) is 3.70. The molecule has 1 fully saturated rings. The summed E-state index contributed by atoms with van der Waals surface area (Å²) in [5, 5.41) is 3.94. The van der Waals surface area contributed by atoms with Gasteiger partial charge in [0.15, 0.2) is 0 Å². The van der Waals surface area contributed by atoms with Crippen molar-refractivity contribution < 1.29 is 0 Å². The normalized spacial score (nSPS) is 18.9. The Kier molecular flexibility index (Phi) is 3.77. The number of hydrogen-bond donors (Lipinski definition) is 2. The molecule has 1 aromatic rings. The van der Waals surface area contributed by atoms with Gasteiger partial charge >= 0.3 is 0 Å². The van der Waals surface area contributed by atoms with Gasteiger partial charge in [0, 0.05) is 12.7 Å². The van der Waals surface area contributed by atoms with Gasteiger partial charge in [0.25, 0.3) is 0 Å². The zero-order valence-electron chi connectivity index (χ0n) is 10.3. The Morgan fingerprint density at radius 3 is 2.76 bits per heavy atom. The minimum absolute atomic E-state index is 0.381. The predicted molar refractivity (Wildman–Crippen MR) is 73.3 cm³/mol. The Balaban J connectivity index is 1.97. The lowest BCUT2D eigenvalue weighted by Gasteiger charge is -2.33. The molecule has 2 rings (SSSR count). The van der Waals surface area contributed by atoms with E-state index >= 15 is 0 Å². The van der Waals surface area contributed by atoms with Crippen LogP contribution >= 0.6 is 11.6 Å². The molecule has 94 valence electrons. The van der Waals surface area contributed by atoms with E-state index in [1.54, 1.807) is 12.3 Å². The van der Waals surface area contributed by atoms with Crippen LogP contribution in [-0.4, -0.2) is 11.5 Å². The number of pyridine rings is 1. The molecule has 0 amide bonds. The highest BCUT2D eigenvalue weighted by atomic mass is 35.5. The highest BCUT2D eigenvalue weighted by Gasteiger charge is 2.26. The molecule has 0 aliphatic heterocycles. The van der Waals surface area contributed by atoms with E-state index in [1.165, 1.54) is 32.1 Å². The van der Waals surface area contributed by atoms with Crippen molar-refractivity contribution in [3.8, 4) is 0 Å². The summed E-state index contributed by atoms with van der Waals surface area (Å²) in [5.41, 5.74) is 6.87. The second-order valence-electron chi connectivity index (χ2n) is 5.32. The van der Waals surface area contributed by atoms with Crippen molar-refractivity contribution in [2.24, 2.45) is 5.41 Å². The fraction of sp³-hybridized carbons (Fsp3) is 0.615. The second kappa shape index (κ2) is 5.13. The van der Waals surface area contributed by atoms with Crippen molar-refractivity contribution >= 4 is 23.1 Å². The Labute approximate surface area is 108 Å². The summed E-state index contributed by atoms with van der Waals surface area (Å²) >= 11 is 5.82. The molecule has 1 saturated carbocycles. The third-order valence-corrected chi connectivity index (χ3v) is 3.83. The van der Waals surface area contributed by atoms with Gasteiger partial charge in [-0.2, -0.15) is 0 Å². The van der Waals surface area contributed by atoms with Crippen LogP contribution in [0.1, 0.15) is 39.0 Å². The molecule has 0 unspecified atom stereocenters. The van der Waals surface area contributed by atoms with Crippen molar-refractivity contribution in [1.82, 2.24) is 4.98 Å². The van der Waals surface area contributed by atoms with Gasteiger partial charge in [-0.05, 0) is 24.3 Å². The van der Waals surface area contributed by atoms with Crippen LogP contribution in [0.4, 0.5) is 11.5 Å². The van der Waals surface area contributed by atoms with Crippen LogP contribution in [0, 0.1) is 5.41 Å². The summed E-state index contributed by atoms with van der Waals surface area (Å²) in [5.74, 6) is 0.751. The van der Waals surface area contributed by atoms with Crippen LogP contribution in [0.2, 0.25) is 5.02 Å². The average molecular weight is 254 g/mol. The minimum atomic E-state index is 0.381. The van der Waals surface area contributed by atoms with Gasteiger partial charge in [-0.15, -0.1) is 0 Å². The maximum Gasteiger partial charge on any atom is 0.149 e. The van der Waals surface area contributed by atoms with E-state index in [2.05, 4.69) is 17.2 Å². The van der Waals surface area contributed by atoms with Gasteiger partial charge < -0.3 is 11.1 Å². The minimum Gasteiger partial charge on any atom is -0.396 e. The number of nitrogen functional groups attached to an aromatic ring is 1. The first kappa shape index (κ1) is 12.5. The zero-order chi connectivity index (χ0) is 12.3. The van der Waals surface area contributed by atoms with Crippen LogP contribution in [-0.2, 0) is 0 Å². The van der Waals surface area contributed by atoms with E-state index in [4.69, 9.17) is 17.3 Å². The van der Waals surface area contributed by atoms with Crippen molar-refractivity contribution in [2.75, 3.05) is 17.6 Å². The third kappa shape index (κ3) is 3.25. The smallest absolute Gasteiger partial charge is 0.149 e. The Morgan fingerprint density at radius 1 is 1.41 bits per heavy atom. The molecule has 4 heteroatoms. The van der Waals surface area contributed by atoms with E-state index in [0.717, 1.165) is 12.4 Å². The molecule has 0 aromatic carbocycles. The van der Waals surface area contributed by atoms with Gasteiger partial charge in [0.2, 0.25) is 0 Å². The SMILES string of the molecule is CC1(CNc2ncc(Cl)cc2N)CCCCC1. The van der Waals surface area contributed by atoms with Crippen molar-refractivity contribution in [1.29, 1.82) is 0 Å². The van der Waals surface area contributed by atoms with E-state index < -0.39 is 0 Å². The molecular formula is C13H20ClN3. The summed E-state index contributed by atoms with van der Waals surface area (Å²) < 4.78 is 0. The number of hydrogen-bond acceptors (Lipinski definition) is 3. The van der Waals surface area contributed by atoms with E-state index in [1.807, 2.05) is 0 Å². The summed E-state index contributed by atoms with van der Waals surface area (Å²) in [6.45, 7) is 3.27. The first-order valence-electron chi connectivity index (χ1n) is 6.24. The summed E-state index contributed by atoms with van der Waals surface area (Å²) in [7, 11) is 0. The Bertz CT molecular complexity index is 386. The molecule has 3 nitrogen and oxygen atoms in total. The van der Waals surface area contributed by atoms with Crippen molar-refractivity contribution in [3.05, 3.63) is 17.3 Å². The number of nitrogens with two attached hydrogens (primary N) is 1. The molecule has 0 saturated heterocycles. The first-order valence-corrected chi connectivity index (χ1v) is 6.62. The fourth-order valence-electron chi connectivity index (χ4n) is 2.48. The lowest BCUT2D eigenvalue weighted by Crippen LogP contribution is -2.29. The molecule has 3 N–H and O–H groups in total. The van der Waals surface area contributed by atoms with Gasteiger partial charge in [0.1, 0.15) is 5.82 Å². The first-order chi connectivity index (χ1) is 8.09. The second-order valence-corrected chi connectivity index (χ2v) is 5.75. The molecule has 1 heterocycles. The summed E-state index contributed by atoms with van der Waals surface area (Å²) in [6, 6.07) is 1.74. The highest BCUT2D eigenvalue weighted by Crippen LogP contribution is 2.36. The van der Waals surface area contributed by atoms with Crippen molar-refractivity contribution in [2.45, 2.75) is 39.0 Å². The third-order valence-electron chi connectivity index (χ3n) is 3.63. The van der Waals surface area contributed by atoms with Gasteiger partial charge in [0.05, 0.1) is 10.7 Å². The lowest BCUT2D eigenvalue weighted by molar-refractivity contribution is 0.233. The monoisotopic (exact) mass is 253 g/mol. The van der Waals surface area contributed by atoms with Gasteiger partial charge in [-0.25, -0.2) is 4.98 Å². The van der Waals surface area contributed by atoms with E-state index in [9.17, 15) is 0 Å². The van der Waals surface area contributed by atoms with Gasteiger partial charge in [-0.3, -0.25) is 0 Å². The van der Waals surface area contributed by atoms with Crippen LogP contribution in [0.15, 0.2) is 12.3 Å². The highest BCUT2D eigenvalue weighted by molar-refractivity contribution is 6.30. The van der Waals surface area contributed by atoms with E-state index in [0.29, 0.717) is 16.1 Å². The fourth-order valence-corrected chi connectivity index (χ4v) is 2.65. The van der Waals surface area contributed by atoms with Crippen molar-refractivity contribution in [3.63, 3.8) is 0 Å². The number of rotatable bonds is 3. The molecule has 0 bridgehead atoms. The Morgan fingerprint density at radius 2 is 2.12 bits per heavy atom. The molecule has 0 atom stereocenters. The van der Waals surface area contributed by atoms with Crippen LogP contribution in [0.3, 0.4) is 0 Å². The number of nitrogens with zero attached hydrogens (tertiary/aromatic N) is 1. The molecule has 1 aromatic heterocycles. The van der Waals surface area contributed by atoms with Crippen LogP contribution < -0.4 is 11.1 Å². The van der Waals surface area contributed by atoms with Crippen LogP contribution in [0.25, 0.3) is 0 Å². The van der Waals surface area contributed by atoms with E-state index in [-0.39, 0.29) is 0 Å². The maximum atomic E-state index is 5.87. The van der Waals surface area contributed by atoms with Gasteiger partial charge in [-0.1, -0.05) is 37.8 Å². The summed E-state index contributed by atoms with van der Waals surface area (Å²) in [4.78, 5) is 4.23. The number of aromatic nitrogens is 1. The number of halogens is 1. The molecule has 17 heavy (non-hydrogen) atoms. The average Bonchev–Trinajstić information content (AvgIpc) is 2.29. The molecule has 1 aliphatic carbocycles. The van der Waals surface area contributed by atoms with Crippen LogP contribution in [0.5, 0.6) is 0 Å². The lowest BCUT2D eigenvalue weighted by atomic mass is 9.76. The number of nitrogens with one attached hydrogen (secondary N) is 1. The number of anilines is 2. The molecule has 0 radical (unpaired) electrons. The maximum absolute atomic E-state index is 5.87. The molecule has 0 spiro atoms. The standard InChI is InChI=1S/C13H20ClN3/c1-13(5-3-2-4-6-13)9-17-12-11(15)7-10(14)8-16-12/h7-8H,2-6,9,15H2,1H3,(H,16,17). The largest absolute Gasteiger partial charge is 0.396 e. The topological polar surface area (TPSA) is 50.9 Å². The summed E-state index contributed by atoms with van der Waals surface area (Å²) in [6.07, 6.45) is 8.24.